The fourth-order valence-corrected chi connectivity index (χ4v) is 1.92. The van der Waals surface area contributed by atoms with Gasteiger partial charge in [-0.25, -0.2) is 0 Å². The average molecular weight is 314 g/mol. The summed E-state index contributed by atoms with van der Waals surface area (Å²) in [7, 11) is 3.05. The molecular weight excluding hydrogens is 296 g/mol. The second-order valence-corrected chi connectivity index (χ2v) is 4.70. The van der Waals surface area contributed by atoms with E-state index in [2.05, 4.69) is 0 Å². The highest BCUT2D eigenvalue weighted by molar-refractivity contribution is 6.07. The Kier molecular flexibility index (Phi) is 5.77. The van der Waals surface area contributed by atoms with Gasteiger partial charge >= 0.3 is 0 Å². The number of phenolic OH excluding ortho intramolecular Hbond substituents is 1. The van der Waals surface area contributed by atoms with Crippen LogP contribution in [0.3, 0.4) is 0 Å². The molecule has 0 spiro atoms. The van der Waals surface area contributed by atoms with E-state index in [9.17, 15) is 9.90 Å². The maximum Gasteiger partial charge on any atom is 0.188 e. The van der Waals surface area contributed by atoms with Gasteiger partial charge < -0.3 is 19.3 Å². The molecule has 23 heavy (non-hydrogen) atoms. The first-order valence-corrected chi connectivity index (χ1v) is 6.95. The third-order valence-electron chi connectivity index (χ3n) is 3.11. The van der Waals surface area contributed by atoms with Gasteiger partial charge in [0.15, 0.2) is 12.6 Å². The first kappa shape index (κ1) is 16.6. The van der Waals surface area contributed by atoms with Crippen LogP contribution in [0.25, 0.3) is 6.08 Å². The highest BCUT2D eigenvalue weighted by atomic mass is 16.7. The second kappa shape index (κ2) is 8.00. The number of hydrogen-bond acceptors (Lipinski definition) is 5. The van der Waals surface area contributed by atoms with E-state index in [4.69, 9.17) is 14.2 Å². The SMILES string of the molecule is COCOc1cccc(C(=O)C=Cc2ccc(OC)cc2O)c1. The minimum atomic E-state index is -0.192. The highest BCUT2D eigenvalue weighted by Gasteiger charge is 2.05. The molecule has 0 aromatic heterocycles. The number of hydrogen-bond donors (Lipinski definition) is 1. The van der Waals surface area contributed by atoms with E-state index < -0.39 is 0 Å². The number of carbonyl (C=O) groups excluding carboxylic acids is 1. The fourth-order valence-electron chi connectivity index (χ4n) is 1.92. The Balaban J connectivity index is 2.12. The number of rotatable bonds is 7. The number of benzene rings is 2. The molecular formula is C18H18O5. The van der Waals surface area contributed by atoms with Crippen LogP contribution in [0.15, 0.2) is 48.5 Å². The topological polar surface area (TPSA) is 65.0 Å². The lowest BCUT2D eigenvalue weighted by Crippen LogP contribution is -2.00. The van der Waals surface area contributed by atoms with Gasteiger partial charge in [0.05, 0.1) is 7.11 Å². The molecule has 0 fully saturated rings. The lowest BCUT2D eigenvalue weighted by atomic mass is 10.1. The van der Waals surface area contributed by atoms with Crippen molar-refractivity contribution >= 4 is 11.9 Å². The molecule has 120 valence electrons. The van der Waals surface area contributed by atoms with Crippen LogP contribution in [0, 0.1) is 0 Å². The minimum absolute atomic E-state index is 0.0468. The standard InChI is InChI=1S/C18H18O5/c1-21-12-23-16-5-3-4-14(10-16)17(19)9-7-13-6-8-15(22-2)11-18(13)20/h3-11,20H,12H2,1-2H3. The zero-order chi connectivity index (χ0) is 16.7. The van der Waals surface area contributed by atoms with E-state index in [0.717, 1.165) is 0 Å². The highest BCUT2D eigenvalue weighted by Crippen LogP contribution is 2.24. The molecule has 5 nitrogen and oxygen atoms in total. The number of allylic oxidation sites excluding steroid dienone is 1. The second-order valence-electron chi connectivity index (χ2n) is 4.70. The normalized spacial score (nSPS) is 10.7. The molecule has 0 heterocycles. The fraction of sp³-hybridized carbons (Fsp3) is 0.167. The van der Waals surface area contributed by atoms with Crippen molar-refractivity contribution in [3.8, 4) is 17.2 Å². The summed E-state index contributed by atoms with van der Waals surface area (Å²) in [6.45, 7) is 0.118. The van der Waals surface area contributed by atoms with E-state index in [1.54, 1.807) is 42.5 Å². The van der Waals surface area contributed by atoms with Crippen LogP contribution >= 0.6 is 0 Å². The first-order chi connectivity index (χ1) is 11.1. The lowest BCUT2D eigenvalue weighted by Gasteiger charge is -2.05. The van der Waals surface area contributed by atoms with Crippen molar-refractivity contribution < 1.29 is 24.1 Å². The molecule has 5 heteroatoms. The van der Waals surface area contributed by atoms with Crippen molar-refractivity contribution in [2.75, 3.05) is 21.0 Å². The Bertz CT molecular complexity index is 706. The molecule has 0 aliphatic carbocycles. The molecule has 0 saturated heterocycles. The Morgan fingerprint density at radius 1 is 1.13 bits per heavy atom. The van der Waals surface area contributed by atoms with Crippen molar-refractivity contribution in [3.05, 3.63) is 59.7 Å². The summed E-state index contributed by atoms with van der Waals surface area (Å²) in [4.78, 5) is 12.2. The Morgan fingerprint density at radius 2 is 1.96 bits per heavy atom. The number of ketones is 1. The van der Waals surface area contributed by atoms with Crippen LogP contribution in [0.5, 0.6) is 17.2 Å². The molecule has 0 saturated carbocycles. The third kappa shape index (κ3) is 4.59. The maximum atomic E-state index is 12.2. The molecule has 2 aromatic rings. The van der Waals surface area contributed by atoms with Gasteiger partial charge in [-0.05, 0) is 36.4 Å². The van der Waals surface area contributed by atoms with Crippen molar-refractivity contribution in [2.45, 2.75) is 0 Å². The number of methoxy groups -OCH3 is 2. The molecule has 0 bridgehead atoms. The van der Waals surface area contributed by atoms with Crippen LogP contribution in [0.4, 0.5) is 0 Å². The Morgan fingerprint density at radius 3 is 2.65 bits per heavy atom. The number of carbonyl (C=O) groups is 1. The zero-order valence-electron chi connectivity index (χ0n) is 13.0. The van der Waals surface area contributed by atoms with Crippen LogP contribution < -0.4 is 9.47 Å². The molecule has 0 amide bonds. The maximum absolute atomic E-state index is 12.2. The zero-order valence-corrected chi connectivity index (χ0v) is 13.0. The van der Waals surface area contributed by atoms with Crippen LogP contribution in [0.2, 0.25) is 0 Å². The predicted molar refractivity (Wildman–Crippen MR) is 87.0 cm³/mol. The van der Waals surface area contributed by atoms with Gasteiger partial charge in [0, 0.05) is 24.3 Å². The van der Waals surface area contributed by atoms with Crippen LogP contribution in [-0.4, -0.2) is 31.9 Å². The molecule has 0 unspecified atom stereocenters. The van der Waals surface area contributed by atoms with Gasteiger partial charge in [-0.3, -0.25) is 4.79 Å². The molecule has 0 aliphatic rings. The van der Waals surface area contributed by atoms with Crippen molar-refractivity contribution in [1.82, 2.24) is 0 Å². The summed E-state index contributed by atoms with van der Waals surface area (Å²) in [6.07, 6.45) is 2.96. The minimum Gasteiger partial charge on any atom is -0.507 e. The monoisotopic (exact) mass is 314 g/mol. The summed E-state index contributed by atoms with van der Waals surface area (Å²) in [5, 5.41) is 9.87. The molecule has 0 atom stereocenters. The summed E-state index contributed by atoms with van der Waals surface area (Å²) in [5.74, 6) is 0.959. The molecule has 0 aliphatic heterocycles. The largest absolute Gasteiger partial charge is 0.507 e. The van der Waals surface area contributed by atoms with Crippen molar-refractivity contribution in [2.24, 2.45) is 0 Å². The van der Waals surface area contributed by atoms with Gasteiger partial charge in [0.1, 0.15) is 17.2 Å². The van der Waals surface area contributed by atoms with Crippen LogP contribution in [0.1, 0.15) is 15.9 Å². The summed E-state index contributed by atoms with van der Waals surface area (Å²) in [6, 6.07) is 11.7. The average Bonchev–Trinajstić information content (AvgIpc) is 2.58. The van der Waals surface area contributed by atoms with E-state index >= 15 is 0 Å². The lowest BCUT2D eigenvalue weighted by molar-refractivity contribution is 0.0510. The number of aromatic hydroxyl groups is 1. The van der Waals surface area contributed by atoms with E-state index in [1.165, 1.54) is 26.4 Å². The first-order valence-electron chi connectivity index (χ1n) is 6.95. The quantitative estimate of drug-likeness (QED) is 0.483. The van der Waals surface area contributed by atoms with Crippen molar-refractivity contribution in [3.63, 3.8) is 0 Å². The molecule has 2 aromatic carbocycles. The number of phenols is 1. The predicted octanol–water partition coefficient (Wildman–Crippen LogP) is 3.28. The van der Waals surface area contributed by atoms with Gasteiger partial charge in [0.25, 0.3) is 0 Å². The summed E-state index contributed by atoms with van der Waals surface area (Å²) >= 11 is 0. The molecule has 0 radical (unpaired) electrons. The van der Waals surface area contributed by atoms with Gasteiger partial charge in [-0.1, -0.05) is 12.1 Å². The Labute approximate surface area is 134 Å². The summed E-state index contributed by atoms with van der Waals surface area (Å²) < 4.78 is 15.1. The van der Waals surface area contributed by atoms with Gasteiger partial charge in [-0.15, -0.1) is 0 Å². The number of ether oxygens (including phenoxy) is 3. The third-order valence-corrected chi connectivity index (χ3v) is 3.11. The Hall–Kier alpha value is -2.79. The van der Waals surface area contributed by atoms with E-state index in [-0.39, 0.29) is 18.3 Å². The van der Waals surface area contributed by atoms with Gasteiger partial charge in [-0.2, -0.15) is 0 Å². The molecule has 2 rings (SSSR count). The van der Waals surface area contributed by atoms with Crippen LogP contribution in [-0.2, 0) is 4.74 Å². The summed E-state index contributed by atoms with van der Waals surface area (Å²) in [5.41, 5.74) is 1.02. The molecule has 1 N–H and O–H groups in total. The van der Waals surface area contributed by atoms with E-state index in [0.29, 0.717) is 22.6 Å². The van der Waals surface area contributed by atoms with E-state index in [1.807, 2.05) is 0 Å². The van der Waals surface area contributed by atoms with Gasteiger partial charge in [0.2, 0.25) is 0 Å². The van der Waals surface area contributed by atoms with Crippen molar-refractivity contribution in [1.29, 1.82) is 0 Å². The smallest absolute Gasteiger partial charge is 0.188 e.